The Morgan fingerprint density at radius 3 is 1.29 bits per heavy atom. The van der Waals surface area contributed by atoms with Crippen LogP contribution in [0.2, 0.25) is 0 Å². The van der Waals surface area contributed by atoms with E-state index in [0.29, 0.717) is 6.42 Å². The standard InChI is InChI=1S/C65H113NO18/c1-3-5-7-9-11-13-15-17-18-19-20-21-22-23-24-25-26-27-28-29-30-31-33-35-37-39-41-43-53(71)66-48(49(70)42-40-38-36-34-32-16-14-12-10-8-6-4-2)47-79-63-59(77)56(74)61(51(45-68)81-63)84-65-60(78)57(75)62(52(46-69)82-65)83-64-58(76)55(73)54(72)50(44-67)80-64/h5,7,11,13,17-18,20-21,23-24,40,42,48-52,54-65,67-70,72-78H,3-4,6,8-10,12,14-16,19,22,25-39,41,43-47H2,1-2H3,(H,66,71)/b7-5-,13-11-,18-17-,21-20-,24-23-,42-40+. The minimum Gasteiger partial charge on any atom is -0.394 e. The molecule has 19 nitrogen and oxygen atoms in total. The minimum absolute atomic E-state index is 0.236. The van der Waals surface area contributed by atoms with E-state index in [0.717, 1.165) is 89.9 Å². The highest BCUT2D eigenvalue weighted by Gasteiger charge is 2.53. The summed E-state index contributed by atoms with van der Waals surface area (Å²) in [6.07, 6.45) is 30.2. The molecule has 0 aromatic rings. The molecule has 3 aliphatic rings. The summed E-state index contributed by atoms with van der Waals surface area (Å²) in [5, 5.41) is 120. The lowest BCUT2D eigenvalue weighted by molar-refractivity contribution is -0.379. The maximum Gasteiger partial charge on any atom is 0.220 e. The zero-order valence-electron chi connectivity index (χ0n) is 50.9. The first-order valence-corrected chi connectivity index (χ1v) is 32.2. The fraction of sp³-hybridized carbons (Fsp3) is 0.800. The Morgan fingerprint density at radius 2 is 0.821 bits per heavy atom. The van der Waals surface area contributed by atoms with Gasteiger partial charge in [0.1, 0.15) is 73.2 Å². The van der Waals surface area contributed by atoms with Gasteiger partial charge >= 0.3 is 0 Å². The van der Waals surface area contributed by atoms with E-state index < -0.39 is 124 Å². The van der Waals surface area contributed by atoms with Crippen LogP contribution in [-0.2, 0) is 33.2 Å². The average Bonchev–Trinajstić information content (AvgIpc) is 2.98. The molecule has 17 atom stereocenters. The normalized spacial score (nSPS) is 29.7. The summed E-state index contributed by atoms with van der Waals surface area (Å²) >= 11 is 0. The van der Waals surface area contributed by atoms with Gasteiger partial charge in [0.05, 0.1) is 38.6 Å². The van der Waals surface area contributed by atoms with Gasteiger partial charge in [-0.2, -0.15) is 0 Å². The molecule has 1 amide bonds. The Bertz CT molecular complexity index is 1810. The van der Waals surface area contributed by atoms with E-state index in [-0.39, 0.29) is 18.9 Å². The van der Waals surface area contributed by atoms with Gasteiger partial charge in [0.2, 0.25) is 5.91 Å². The highest BCUT2D eigenvalue weighted by molar-refractivity contribution is 5.76. The number of carbonyl (C=O) groups is 1. The Kier molecular flexibility index (Phi) is 42.5. The minimum atomic E-state index is -1.98. The number of allylic oxidation sites excluding steroid dienone is 11. The number of hydrogen-bond donors (Lipinski definition) is 12. The molecule has 3 saturated heterocycles. The second kappa shape index (κ2) is 47.3. The van der Waals surface area contributed by atoms with Gasteiger partial charge in [-0.3, -0.25) is 4.79 Å². The van der Waals surface area contributed by atoms with Gasteiger partial charge in [-0.25, -0.2) is 0 Å². The first-order valence-electron chi connectivity index (χ1n) is 32.2. The molecule has 0 bridgehead atoms. The number of amides is 1. The summed E-state index contributed by atoms with van der Waals surface area (Å²) in [6, 6.07) is -0.977. The van der Waals surface area contributed by atoms with E-state index in [9.17, 15) is 61.0 Å². The van der Waals surface area contributed by atoms with Gasteiger partial charge in [-0.15, -0.1) is 0 Å². The van der Waals surface area contributed by atoms with E-state index in [1.807, 2.05) is 6.08 Å². The van der Waals surface area contributed by atoms with Crippen molar-refractivity contribution in [3.63, 3.8) is 0 Å². The number of aliphatic hydroxyl groups is 11. The molecule has 0 radical (unpaired) electrons. The fourth-order valence-electron chi connectivity index (χ4n) is 10.5. The molecule has 0 aromatic carbocycles. The Morgan fingerprint density at radius 1 is 0.440 bits per heavy atom. The SMILES string of the molecule is CC/C=C\C/C=C\C/C=C\C/C=C\C/C=C\CCCCCCCCCCCCCC(=O)NC(COC1OC(CO)C(OC2OC(CO)C(OC3OC(CO)C(O)C(O)C3O)C(O)C2O)C(O)C1O)C(O)/C=C/CCCCCCCCCCCC. The van der Waals surface area contributed by atoms with E-state index in [4.69, 9.17) is 28.4 Å². The van der Waals surface area contributed by atoms with Crippen molar-refractivity contribution in [3.8, 4) is 0 Å². The van der Waals surface area contributed by atoms with Crippen molar-refractivity contribution in [1.82, 2.24) is 5.32 Å². The summed E-state index contributed by atoms with van der Waals surface area (Å²) in [6.45, 7) is 1.58. The van der Waals surface area contributed by atoms with Crippen molar-refractivity contribution < 1.29 is 89.4 Å². The largest absolute Gasteiger partial charge is 0.394 e. The summed E-state index contributed by atoms with van der Waals surface area (Å²) in [5.74, 6) is -0.283. The van der Waals surface area contributed by atoms with Crippen LogP contribution >= 0.6 is 0 Å². The second-order valence-electron chi connectivity index (χ2n) is 22.8. The van der Waals surface area contributed by atoms with E-state index in [1.54, 1.807) is 6.08 Å². The van der Waals surface area contributed by atoms with Crippen LogP contribution in [-0.4, -0.2) is 193 Å². The van der Waals surface area contributed by atoms with Gasteiger partial charge in [0.15, 0.2) is 18.9 Å². The lowest BCUT2D eigenvalue weighted by Crippen LogP contribution is -2.66. The Balaban J connectivity index is 1.42. The highest BCUT2D eigenvalue weighted by atomic mass is 16.8. The molecule has 17 unspecified atom stereocenters. The Labute approximate surface area is 502 Å². The predicted molar refractivity (Wildman–Crippen MR) is 323 cm³/mol. The molecule has 3 fully saturated rings. The first kappa shape index (κ1) is 75.5. The lowest BCUT2D eigenvalue weighted by atomic mass is 9.96. The number of carbonyl (C=O) groups excluding carboxylic acids is 1. The van der Waals surface area contributed by atoms with Crippen molar-refractivity contribution in [1.29, 1.82) is 0 Å². The number of aliphatic hydroxyl groups excluding tert-OH is 11. The molecule has 0 aliphatic carbocycles. The second-order valence-corrected chi connectivity index (χ2v) is 22.8. The molecule has 486 valence electrons. The molecule has 0 spiro atoms. The van der Waals surface area contributed by atoms with E-state index >= 15 is 0 Å². The molecule has 84 heavy (non-hydrogen) atoms. The number of rotatable bonds is 47. The van der Waals surface area contributed by atoms with Crippen LogP contribution in [0.3, 0.4) is 0 Å². The van der Waals surface area contributed by atoms with Crippen molar-refractivity contribution in [2.24, 2.45) is 0 Å². The van der Waals surface area contributed by atoms with Crippen molar-refractivity contribution >= 4 is 5.91 Å². The molecule has 12 N–H and O–H groups in total. The zero-order chi connectivity index (χ0) is 61.2. The first-order chi connectivity index (χ1) is 40.8. The van der Waals surface area contributed by atoms with Gasteiger partial charge in [-0.05, 0) is 64.2 Å². The third kappa shape index (κ3) is 30.0. The van der Waals surface area contributed by atoms with Gasteiger partial charge in [0.25, 0.3) is 0 Å². The van der Waals surface area contributed by atoms with E-state index in [1.165, 1.54) is 83.5 Å². The molecular formula is C65H113NO18. The van der Waals surface area contributed by atoms with Crippen LogP contribution < -0.4 is 5.32 Å². The monoisotopic (exact) mass is 1200 g/mol. The fourth-order valence-corrected chi connectivity index (χ4v) is 10.5. The lowest BCUT2D eigenvalue weighted by Gasteiger charge is -2.48. The van der Waals surface area contributed by atoms with Crippen molar-refractivity contribution in [2.45, 2.75) is 304 Å². The molecule has 0 aromatic heterocycles. The zero-order valence-corrected chi connectivity index (χ0v) is 50.9. The molecular weight excluding hydrogens is 1080 g/mol. The summed E-state index contributed by atoms with van der Waals surface area (Å²) < 4.78 is 34.3. The summed E-state index contributed by atoms with van der Waals surface area (Å²) in [4.78, 5) is 13.4. The maximum atomic E-state index is 13.4. The highest BCUT2D eigenvalue weighted by Crippen LogP contribution is 2.33. The molecule has 3 heterocycles. The third-order valence-corrected chi connectivity index (χ3v) is 15.8. The van der Waals surface area contributed by atoms with Crippen LogP contribution in [0.5, 0.6) is 0 Å². The molecule has 3 aliphatic heterocycles. The van der Waals surface area contributed by atoms with Crippen molar-refractivity contribution in [3.05, 3.63) is 72.9 Å². The summed E-state index contributed by atoms with van der Waals surface area (Å²) in [7, 11) is 0. The van der Waals surface area contributed by atoms with E-state index in [2.05, 4.69) is 79.9 Å². The van der Waals surface area contributed by atoms with Gasteiger partial charge < -0.3 is 89.9 Å². The van der Waals surface area contributed by atoms with Gasteiger partial charge in [0, 0.05) is 6.42 Å². The maximum absolute atomic E-state index is 13.4. The van der Waals surface area contributed by atoms with Crippen LogP contribution in [0.15, 0.2) is 72.9 Å². The summed E-state index contributed by atoms with van der Waals surface area (Å²) in [5.41, 5.74) is 0. The van der Waals surface area contributed by atoms with Crippen molar-refractivity contribution in [2.75, 3.05) is 26.4 Å². The van der Waals surface area contributed by atoms with Crippen LogP contribution in [0.25, 0.3) is 0 Å². The quantitative estimate of drug-likeness (QED) is 0.0216. The molecule has 3 rings (SSSR count). The average molecular weight is 1200 g/mol. The number of ether oxygens (including phenoxy) is 6. The Hall–Kier alpha value is -2.77. The molecule has 19 heteroatoms. The number of hydrogen-bond acceptors (Lipinski definition) is 18. The van der Waals surface area contributed by atoms with Crippen LogP contribution in [0, 0.1) is 0 Å². The topological polar surface area (TPSA) is 307 Å². The smallest absolute Gasteiger partial charge is 0.220 e. The van der Waals surface area contributed by atoms with Crippen LogP contribution in [0.4, 0.5) is 0 Å². The van der Waals surface area contributed by atoms with Crippen LogP contribution in [0.1, 0.15) is 200 Å². The number of nitrogens with one attached hydrogen (secondary N) is 1. The third-order valence-electron chi connectivity index (χ3n) is 15.8. The van der Waals surface area contributed by atoms with Gasteiger partial charge in [-0.1, -0.05) is 202 Å². The number of unbranched alkanes of at least 4 members (excludes halogenated alkanes) is 21. The predicted octanol–water partition coefficient (Wildman–Crippen LogP) is 6.99. The molecule has 0 saturated carbocycles.